The Morgan fingerprint density at radius 2 is 1.89 bits per heavy atom. The Kier molecular flexibility index (Phi) is 6.50. The van der Waals surface area contributed by atoms with Crippen LogP contribution in [0.15, 0.2) is 30.3 Å². The first-order valence-electron chi connectivity index (χ1n) is 10.1. The SMILES string of the molecule is NC(=O)C1CCN(C[C@]2(O)CCCN(CCCc3ccccc3)C2=O)CC1. The van der Waals surface area contributed by atoms with Gasteiger partial charge in [-0.2, -0.15) is 0 Å². The number of nitrogens with zero attached hydrogens (tertiary/aromatic N) is 2. The van der Waals surface area contributed by atoms with Gasteiger partial charge < -0.3 is 15.7 Å². The molecule has 2 heterocycles. The van der Waals surface area contributed by atoms with E-state index in [1.165, 1.54) is 5.56 Å². The van der Waals surface area contributed by atoms with Crippen LogP contribution in [0.25, 0.3) is 0 Å². The molecule has 0 aliphatic carbocycles. The van der Waals surface area contributed by atoms with E-state index in [-0.39, 0.29) is 17.7 Å². The molecule has 2 fully saturated rings. The Hall–Kier alpha value is -1.92. The summed E-state index contributed by atoms with van der Waals surface area (Å²) in [7, 11) is 0. The van der Waals surface area contributed by atoms with Crippen molar-refractivity contribution in [1.82, 2.24) is 9.80 Å². The first-order valence-corrected chi connectivity index (χ1v) is 10.1. The van der Waals surface area contributed by atoms with E-state index in [1.807, 2.05) is 23.1 Å². The molecule has 27 heavy (non-hydrogen) atoms. The lowest BCUT2D eigenvalue weighted by atomic mass is 9.89. The summed E-state index contributed by atoms with van der Waals surface area (Å²) in [4.78, 5) is 28.1. The van der Waals surface area contributed by atoms with Gasteiger partial charge in [-0.3, -0.25) is 14.5 Å². The molecule has 2 aliphatic heterocycles. The highest BCUT2D eigenvalue weighted by atomic mass is 16.3. The molecule has 2 aliphatic rings. The van der Waals surface area contributed by atoms with Crippen molar-refractivity contribution in [2.45, 2.75) is 44.1 Å². The Balaban J connectivity index is 1.50. The molecule has 148 valence electrons. The summed E-state index contributed by atoms with van der Waals surface area (Å²) < 4.78 is 0. The molecule has 2 saturated heterocycles. The molecular formula is C21H31N3O3. The van der Waals surface area contributed by atoms with Gasteiger partial charge in [0.1, 0.15) is 0 Å². The van der Waals surface area contributed by atoms with Crippen LogP contribution in [-0.4, -0.2) is 65.0 Å². The topological polar surface area (TPSA) is 86.9 Å². The van der Waals surface area contributed by atoms with Crippen molar-refractivity contribution in [2.75, 3.05) is 32.7 Å². The summed E-state index contributed by atoms with van der Waals surface area (Å²) in [6.45, 7) is 3.17. The Morgan fingerprint density at radius 1 is 1.19 bits per heavy atom. The Morgan fingerprint density at radius 3 is 2.56 bits per heavy atom. The largest absolute Gasteiger partial charge is 0.379 e. The van der Waals surface area contributed by atoms with Gasteiger partial charge in [-0.1, -0.05) is 30.3 Å². The number of hydrogen-bond donors (Lipinski definition) is 2. The maximum absolute atomic E-state index is 12.9. The quantitative estimate of drug-likeness (QED) is 0.751. The van der Waals surface area contributed by atoms with Gasteiger partial charge in [-0.15, -0.1) is 0 Å². The average molecular weight is 373 g/mol. The third-order valence-corrected chi connectivity index (χ3v) is 5.92. The molecule has 0 saturated carbocycles. The van der Waals surface area contributed by atoms with E-state index in [9.17, 15) is 14.7 Å². The van der Waals surface area contributed by atoms with Gasteiger partial charge in [0.15, 0.2) is 5.60 Å². The van der Waals surface area contributed by atoms with E-state index < -0.39 is 5.60 Å². The molecule has 2 amide bonds. The van der Waals surface area contributed by atoms with Crippen LogP contribution < -0.4 is 5.73 Å². The number of benzene rings is 1. The van der Waals surface area contributed by atoms with Gasteiger partial charge >= 0.3 is 0 Å². The molecule has 3 N–H and O–H groups in total. The molecule has 0 radical (unpaired) electrons. The number of aliphatic hydroxyl groups is 1. The molecule has 0 aromatic heterocycles. The van der Waals surface area contributed by atoms with Crippen molar-refractivity contribution in [1.29, 1.82) is 0 Å². The fraction of sp³-hybridized carbons (Fsp3) is 0.619. The molecule has 1 aromatic rings. The maximum Gasteiger partial charge on any atom is 0.255 e. The number of β-amino-alcohol motifs (C(OH)–C–C–N with tert-alkyl or cyclic N) is 1. The highest BCUT2D eigenvalue weighted by Crippen LogP contribution is 2.26. The van der Waals surface area contributed by atoms with Gasteiger partial charge in [0.05, 0.1) is 0 Å². The lowest BCUT2D eigenvalue weighted by molar-refractivity contribution is -0.160. The summed E-state index contributed by atoms with van der Waals surface area (Å²) in [6, 6.07) is 10.3. The van der Waals surface area contributed by atoms with Crippen LogP contribution in [0.2, 0.25) is 0 Å². The van der Waals surface area contributed by atoms with Gasteiger partial charge in [-0.05, 0) is 57.2 Å². The molecule has 0 unspecified atom stereocenters. The number of aryl methyl sites for hydroxylation is 1. The summed E-state index contributed by atoms with van der Waals surface area (Å²) in [5.74, 6) is -0.460. The van der Waals surface area contributed by atoms with E-state index in [4.69, 9.17) is 5.73 Å². The first kappa shape index (κ1) is 19.8. The lowest BCUT2D eigenvalue weighted by Gasteiger charge is -2.42. The monoisotopic (exact) mass is 373 g/mol. The Labute approximate surface area is 161 Å². The van der Waals surface area contributed by atoms with Crippen LogP contribution in [0.3, 0.4) is 0 Å². The average Bonchev–Trinajstić information content (AvgIpc) is 2.66. The highest BCUT2D eigenvalue weighted by Gasteiger charge is 2.43. The predicted molar refractivity (Wildman–Crippen MR) is 104 cm³/mol. The zero-order valence-electron chi connectivity index (χ0n) is 16.0. The van der Waals surface area contributed by atoms with E-state index in [2.05, 4.69) is 17.0 Å². The predicted octanol–water partition coefficient (Wildman–Crippen LogP) is 1.17. The number of hydrogen-bond acceptors (Lipinski definition) is 4. The first-order chi connectivity index (χ1) is 13.0. The molecule has 6 heteroatoms. The number of carbonyl (C=O) groups is 2. The van der Waals surface area contributed by atoms with Crippen molar-refractivity contribution >= 4 is 11.8 Å². The van der Waals surface area contributed by atoms with Crippen LogP contribution in [0.4, 0.5) is 0 Å². The number of amides is 2. The van der Waals surface area contributed by atoms with Crippen LogP contribution in [0.5, 0.6) is 0 Å². The van der Waals surface area contributed by atoms with E-state index in [0.717, 1.165) is 25.8 Å². The smallest absolute Gasteiger partial charge is 0.255 e. The van der Waals surface area contributed by atoms with Gasteiger partial charge in [0, 0.05) is 25.6 Å². The number of likely N-dealkylation sites (tertiary alicyclic amines) is 2. The van der Waals surface area contributed by atoms with Crippen LogP contribution >= 0.6 is 0 Å². The van der Waals surface area contributed by atoms with Crippen molar-refractivity contribution in [2.24, 2.45) is 11.7 Å². The second-order valence-corrected chi connectivity index (χ2v) is 7.97. The third-order valence-electron chi connectivity index (χ3n) is 5.92. The minimum atomic E-state index is -1.30. The number of carbonyl (C=O) groups excluding carboxylic acids is 2. The van der Waals surface area contributed by atoms with Gasteiger partial charge in [-0.25, -0.2) is 0 Å². The zero-order valence-corrected chi connectivity index (χ0v) is 16.0. The summed E-state index contributed by atoms with van der Waals surface area (Å²) >= 11 is 0. The lowest BCUT2D eigenvalue weighted by Crippen LogP contribution is -2.59. The number of nitrogens with two attached hydrogens (primary N) is 1. The number of piperidine rings is 2. The van der Waals surface area contributed by atoms with E-state index >= 15 is 0 Å². The summed E-state index contributed by atoms with van der Waals surface area (Å²) in [5.41, 5.74) is 5.36. The van der Waals surface area contributed by atoms with Gasteiger partial charge in [0.25, 0.3) is 5.91 Å². The van der Waals surface area contributed by atoms with E-state index in [0.29, 0.717) is 45.4 Å². The minimum absolute atomic E-state index is 0.0764. The molecule has 3 rings (SSSR count). The molecule has 0 bridgehead atoms. The normalized spacial score (nSPS) is 24.9. The van der Waals surface area contributed by atoms with Crippen molar-refractivity contribution in [3.05, 3.63) is 35.9 Å². The number of rotatable bonds is 7. The van der Waals surface area contributed by atoms with Crippen molar-refractivity contribution < 1.29 is 14.7 Å². The van der Waals surface area contributed by atoms with Crippen LogP contribution in [0.1, 0.15) is 37.7 Å². The van der Waals surface area contributed by atoms with Crippen LogP contribution in [-0.2, 0) is 16.0 Å². The summed E-state index contributed by atoms with van der Waals surface area (Å²) in [5, 5.41) is 11.0. The zero-order chi connectivity index (χ0) is 19.3. The Bertz CT molecular complexity index is 643. The second-order valence-electron chi connectivity index (χ2n) is 7.97. The van der Waals surface area contributed by atoms with Crippen molar-refractivity contribution in [3.8, 4) is 0 Å². The third kappa shape index (κ3) is 5.08. The van der Waals surface area contributed by atoms with E-state index in [1.54, 1.807) is 0 Å². The standard InChI is InChI=1S/C21H31N3O3/c22-19(25)18-9-14-23(15-10-18)16-21(27)11-5-13-24(20(21)26)12-4-8-17-6-2-1-3-7-17/h1-3,6-7,18,27H,4-5,8-16H2,(H2,22,25)/t21-/m1/s1. The molecule has 0 spiro atoms. The highest BCUT2D eigenvalue weighted by molar-refractivity contribution is 5.86. The molecule has 6 nitrogen and oxygen atoms in total. The fourth-order valence-electron chi connectivity index (χ4n) is 4.29. The number of primary amides is 1. The van der Waals surface area contributed by atoms with Gasteiger partial charge in [0.2, 0.25) is 5.91 Å². The molecular weight excluding hydrogens is 342 g/mol. The van der Waals surface area contributed by atoms with Crippen LogP contribution in [0, 0.1) is 5.92 Å². The molecule has 1 atom stereocenters. The minimum Gasteiger partial charge on any atom is -0.379 e. The molecule has 1 aromatic carbocycles. The van der Waals surface area contributed by atoms with Crippen molar-refractivity contribution in [3.63, 3.8) is 0 Å². The fourth-order valence-corrected chi connectivity index (χ4v) is 4.29. The second kappa shape index (κ2) is 8.85. The maximum atomic E-state index is 12.9. The summed E-state index contributed by atoms with van der Waals surface area (Å²) in [6.07, 6.45) is 4.59.